The number of morpholine rings is 1. The van der Waals surface area contributed by atoms with Gasteiger partial charge in [0.25, 0.3) is 0 Å². The first kappa shape index (κ1) is 22.1. The summed E-state index contributed by atoms with van der Waals surface area (Å²) in [6, 6.07) is 14.4. The summed E-state index contributed by atoms with van der Waals surface area (Å²) in [6.45, 7) is 10.2. The maximum atomic E-state index is 12.6. The molecule has 2 aliphatic rings. The Morgan fingerprint density at radius 1 is 1.16 bits per heavy atom. The lowest BCUT2D eigenvalue weighted by Crippen LogP contribution is -2.36. The predicted molar refractivity (Wildman–Crippen MR) is 125 cm³/mol. The van der Waals surface area contributed by atoms with E-state index in [1.807, 2.05) is 19.1 Å². The molecular formula is C24H33N3O3S. The zero-order chi connectivity index (χ0) is 22.1. The van der Waals surface area contributed by atoms with Crippen molar-refractivity contribution < 1.29 is 13.2 Å². The smallest absolute Gasteiger partial charge is 0.240 e. The lowest BCUT2D eigenvalue weighted by atomic mass is 9.74. The molecule has 0 aromatic heterocycles. The Bertz CT molecular complexity index is 1030. The molecule has 4 rings (SSSR count). The molecule has 2 N–H and O–H groups in total. The highest BCUT2D eigenvalue weighted by molar-refractivity contribution is 7.89. The summed E-state index contributed by atoms with van der Waals surface area (Å²) in [7, 11) is -3.48. The number of ether oxygens (including phenoxy) is 1. The molecule has 2 heterocycles. The summed E-state index contributed by atoms with van der Waals surface area (Å²) in [5.74, 6) is 0. The van der Waals surface area contributed by atoms with E-state index in [2.05, 4.69) is 53.1 Å². The molecule has 168 valence electrons. The molecule has 1 fully saturated rings. The number of sulfonamides is 1. The molecule has 0 aliphatic carbocycles. The molecule has 1 unspecified atom stereocenters. The number of anilines is 2. The fraction of sp³-hybridized carbons (Fsp3) is 0.500. The van der Waals surface area contributed by atoms with Gasteiger partial charge >= 0.3 is 0 Å². The molecule has 7 heteroatoms. The monoisotopic (exact) mass is 443 g/mol. The molecule has 0 amide bonds. The third-order valence-electron chi connectivity index (χ3n) is 6.27. The summed E-state index contributed by atoms with van der Waals surface area (Å²) in [5, 5.41) is 3.66. The molecule has 2 aromatic carbocycles. The molecule has 1 saturated heterocycles. The van der Waals surface area contributed by atoms with Gasteiger partial charge in [-0.1, -0.05) is 32.9 Å². The summed E-state index contributed by atoms with van der Waals surface area (Å²) >= 11 is 0. The van der Waals surface area contributed by atoms with Gasteiger partial charge in [-0.25, -0.2) is 13.1 Å². The lowest BCUT2D eigenvalue weighted by Gasteiger charge is -2.39. The van der Waals surface area contributed by atoms with Crippen LogP contribution in [-0.2, 0) is 20.2 Å². The first-order chi connectivity index (χ1) is 14.8. The normalized spacial score (nSPS) is 20.7. The maximum Gasteiger partial charge on any atom is 0.240 e. The fourth-order valence-electron chi connectivity index (χ4n) is 4.52. The zero-order valence-electron chi connectivity index (χ0n) is 18.6. The third-order valence-corrected chi connectivity index (χ3v) is 7.72. The van der Waals surface area contributed by atoms with Crippen molar-refractivity contribution in [2.75, 3.05) is 43.1 Å². The van der Waals surface area contributed by atoms with Crippen LogP contribution in [-0.4, -0.2) is 41.3 Å². The minimum Gasteiger partial charge on any atom is -0.378 e. The lowest BCUT2D eigenvalue weighted by molar-refractivity contribution is 0.122. The first-order valence-corrected chi connectivity index (χ1v) is 12.6. The molecule has 0 saturated carbocycles. The molecule has 6 nitrogen and oxygen atoms in total. The minimum atomic E-state index is -3.48. The van der Waals surface area contributed by atoms with Gasteiger partial charge in [0.1, 0.15) is 0 Å². The van der Waals surface area contributed by atoms with E-state index >= 15 is 0 Å². The third kappa shape index (κ3) is 4.73. The van der Waals surface area contributed by atoms with E-state index in [9.17, 15) is 8.42 Å². The van der Waals surface area contributed by atoms with E-state index in [4.69, 9.17) is 4.74 Å². The molecule has 1 atom stereocenters. The van der Waals surface area contributed by atoms with Crippen molar-refractivity contribution in [3.05, 3.63) is 53.6 Å². The molecule has 0 bridgehead atoms. The molecule has 0 radical (unpaired) electrons. The van der Waals surface area contributed by atoms with E-state index in [0.29, 0.717) is 11.4 Å². The van der Waals surface area contributed by atoms with Crippen molar-refractivity contribution in [3.8, 4) is 0 Å². The van der Waals surface area contributed by atoms with Gasteiger partial charge in [0.05, 0.1) is 24.2 Å². The molecule has 2 aliphatic heterocycles. The van der Waals surface area contributed by atoms with Crippen molar-refractivity contribution in [2.24, 2.45) is 0 Å². The standard InChI is InChI=1S/C24H33N3O3S/c1-4-10-25-31(28,29)20-8-9-22-21(16-20)24(2,3)17-23(26-22)18-6-5-7-19(15-18)27-11-13-30-14-12-27/h5-9,15-16,23,25-26H,4,10-14,17H2,1-3H3. The number of fused-ring (bicyclic) bond motifs is 1. The predicted octanol–water partition coefficient (Wildman–Crippen LogP) is 4.05. The van der Waals surface area contributed by atoms with Gasteiger partial charge in [0, 0.05) is 31.0 Å². The number of nitrogens with zero attached hydrogens (tertiary/aromatic N) is 1. The SMILES string of the molecule is CCCNS(=O)(=O)c1ccc2c(c1)C(C)(C)CC(c1cccc(N3CCOCC3)c1)N2. The van der Waals surface area contributed by atoms with E-state index in [1.54, 1.807) is 6.07 Å². The number of rotatable bonds is 6. The Hall–Kier alpha value is -2.09. The highest BCUT2D eigenvalue weighted by Gasteiger charge is 2.34. The van der Waals surface area contributed by atoms with Crippen LogP contribution in [0.3, 0.4) is 0 Å². The molecule has 2 aromatic rings. The Balaban J connectivity index is 1.61. The Kier molecular flexibility index (Phi) is 6.28. The molecule has 0 spiro atoms. The quantitative estimate of drug-likeness (QED) is 0.705. The van der Waals surface area contributed by atoms with Crippen LogP contribution in [0.5, 0.6) is 0 Å². The van der Waals surface area contributed by atoms with Crippen molar-refractivity contribution in [1.29, 1.82) is 0 Å². The highest BCUT2D eigenvalue weighted by Crippen LogP contribution is 2.45. The maximum absolute atomic E-state index is 12.6. The number of nitrogens with one attached hydrogen (secondary N) is 2. The van der Waals surface area contributed by atoms with E-state index < -0.39 is 10.0 Å². The Labute approximate surface area is 186 Å². The highest BCUT2D eigenvalue weighted by atomic mass is 32.2. The second-order valence-corrected chi connectivity index (χ2v) is 10.9. The summed E-state index contributed by atoms with van der Waals surface area (Å²) in [5.41, 5.74) is 4.38. The van der Waals surface area contributed by atoms with Crippen molar-refractivity contribution in [1.82, 2.24) is 4.72 Å². The van der Waals surface area contributed by atoms with E-state index in [-0.39, 0.29) is 11.5 Å². The van der Waals surface area contributed by atoms with Gasteiger partial charge in [-0.3, -0.25) is 0 Å². The first-order valence-electron chi connectivity index (χ1n) is 11.1. The van der Waals surface area contributed by atoms with Gasteiger partial charge in [0.2, 0.25) is 10.0 Å². The van der Waals surface area contributed by atoms with Crippen LogP contribution in [0.25, 0.3) is 0 Å². The second-order valence-electron chi connectivity index (χ2n) is 9.08. The van der Waals surface area contributed by atoms with E-state index in [1.165, 1.54) is 11.3 Å². The van der Waals surface area contributed by atoms with Crippen LogP contribution in [0.4, 0.5) is 11.4 Å². The summed E-state index contributed by atoms with van der Waals surface area (Å²) < 4.78 is 33.4. The van der Waals surface area contributed by atoms with Gasteiger partial charge in [-0.2, -0.15) is 0 Å². The van der Waals surface area contributed by atoms with Gasteiger partial charge in [-0.05, 0) is 59.7 Å². The molecular weight excluding hydrogens is 410 g/mol. The number of hydrogen-bond donors (Lipinski definition) is 2. The second kappa shape index (κ2) is 8.81. The van der Waals surface area contributed by atoms with Crippen molar-refractivity contribution >= 4 is 21.4 Å². The van der Waals surface area contributed by atoms with Crippen LogP contribution in [0.2, 0.25) is 0 Å². The summed E-state index contributed by atoms with van der Waals surface area (Å²) in [4.78, 5) is 2.71. The zero-order valence-corrected chi connectivity index (χ0v) is 19.5. The van der Waals surface area contributed by atoms with Gasteiger partial charge in [-0.15, -0.1) is 0 Å². The largest absolute Gasteiger partial charge is 0.378 e. The van der Waals surface area contributed by atoms with Crippen LogP contribution >= 0.6 is 0 Å². The van der Waals surface area contributed by atoms with Crippen LogP contribution in [0.1, 0.15) is 50.8 Å². The average molecular weight is 444 g/mol. The van der Waals surface area contributed by atoms with Crippen LogP contribution < -0.4 is 14.9 Å². The Morgan fingerprint density at radius 2 is 1.94 bits per heavy atom. The summed E-state index contributed by atoms with van der Waals surface area (Å²) in [6.07, 6.45) is 1.65. The number of hydrogen-bond acceptors (Lipinski definition) is 5. The average Bonchev–Trinajstić information content (AvgIpc) is 2.78. The Morgan fingerprint density at radius 3 is 2.68 bits per heavy atom. The molecule has 31 heavy (non-hydrogen) atoms. The van der Waals surface area contributed by atoms with Gasteiger partial charge < -0.3 is 15.0 Å². The van der Waals surface area contributed by atoms with Crippen molar-refractivity contribution in [3.63, 3.8) is 0 Å². The van der Waals surface area contributed by atoms with Crippen LogP contribution in [0, 0.1) is 0 Å². The number of benzene rings is 2. The van der Waals surface area contributed by atoms with Crippen LogP contribution in [0.15, 0.2) is 47.4 Å². The topological polar surface area (TPSA) is 70.7 Å². The minimum absolute atomic E-state index is 0.156. The fourth-order valence-corrected chi connectivity index (χ4v) is 5.68. The van der Waals surface area contributed by atoms with E-state index in [0.717, 1.165) is 50.4 Å². The van der Waals surface area contributed by atoms with Crippen molar-refractivity contribution in [2.45, 2.75) is 50.0 Å². The van der Waals surface area contributed by atoms with Gasteiger partial charge in [0.15, 0.2) is 0 Å².